The molecule has 0 radical (unpaired) electrons. The van der Waals surface area contributed by atoms with Gasteiger partial charge in [0.25, 0.3) is 0 Å². The highest BCUT2D eigenvalue weighted by atomic mass is 32.1. The molecule has 2 aromatic carbocycles. The molecule has 25 heavy (non-hydrogen) atoms. The van der Waals surface area contributed by atoms with Gasteiger partial charge in [0.15, 0.2) is 0 Å². The van der Waals surface area contributed by atoms with E-state index in [1.807, 2.05) is 6.07 Å². The Kier molecular flexibility index (Phi) is 4.05. The van der Waals surface area contributed by atoms with Crippen LogP contribution in [0.4, 0.5) is 0 Å². The van der Waals surface area contributed by atoms with Crippen LogP contribution in [0.2, 0.25) is 19.6 Å². The lowest BCUT2D eigenvalue weighted by atomic mass is 10.1. The molecule has 4 rings (SSSR count). The van der Waals surface area contributed by atoms with E-state index in [-0.39, 0.29) is 0 Å². The van der Waals surface area contributed by atoms with E-state index in [1.54, 1.807) is 11.3 Å². The van der Waals surface area contributed by atoms with Crippen molar-refractivity contribution in [1.29, 1.82) is 0 Å². The van der Waals surface area contributed by atoms with Crippen molar-refractivity contribution in [2.45, 2.75) is 26.2 Å². The molecule has 0 unspecified atom stereocenters. The van der Waals surface area contributed by atoms with Crippen molar-refractivity contribution in [3.05, 3.63) is 65.5 Å². The van der Waals surface area contributed by atoms with E-state index in [0.29, 0.717) is 0 Å². The zero-order chi connectivity index (χ0) is 17.4. The summed E-state index contributed by atoms with van der Waals surface area (Å²) in [6.07, 6.45) is 0. The van der Waals surface area contributed by atoms with Crippen LogP contribution < -0.4 is 5.32 Å². The summed E-state index contributed by atoms with van der Waals surface area (Å²) in [5.41, 5.74) is 3.70. The van der Waals surface area contributed by atoms with E-state index in [4.69, 9.17) is 0 Å². The molecule has 0 bridgehead atoms. The van der Waals surface area contributed by atoms with Crippen molar-refractivity contribution >= 4 is 34.8 Å². The number of fused-ring (bicyclic) bond motifs is 1. The first kappa shape index (κ1) is 16.2. The molecule has 0 saturated carbocycles. The van der Waals surface area contributed by atoms with Crippen molar-refractivity contribution in [3.8, 4) is 11.3 Å². The fourth-order valence-corrected chi connectivity index (χ4v) is 5.38. The molecule has 4 aromatic rings. The van der Waals surface area contributed by atoms with E-state index in [1.165, 1.54) is 32.2 Å². The van der Waals surface area contributed by atoms with Gasteiger partial charge in [-0.3, -0.25) is 0 Å². The summed E-state index contributed by atoms with van der Waals surface area (Å²) in [7, 11) is -1.61. The van der Waals surface area contributed by atoms with Gasteiger partial charge in [0.1, 0.15) is 8.07 Å². The molecule has 0 aliphatic heterocycles. The van der Waals surface area contributed by atoms with Crippen LogP contribution in [0.1, 0.15) is 5.56 Å². The zero-order valence-electron chi connectivity index (χ0n) is 14.7. The second-order valence-electron chi connectivity index (χ2n) is 7.33. The maximum atomic E-state index is 4.63. The van der Waals surface area contributed by atoms with Gasteiger partial charge in [0.05, 0.1) is 17.6 Å². The lowest BCUT2D eigenvalue weighted by molar-refractivity contribution is 0.656. The van der Waals surface area contributed by atoms with Gasteiger partial charge in [-0.05, 0) is 11.6 Å². The monoisotopic (exact) mass is 363 g/mol. The second-order valence-corrected chi connectivity index (χ2v) is 13.2. The van der Waals surface area contributed by atoms with E-state index >= 15 is 0 Å². The fraction of sp³-hybridized carbons (Fsp3) is 0.200. The van der Waals surface area contributed by atoms with Crippen LogP contribution in [0.3, 0.4) is 0 Å². The normalized spacial score (nSPS) is 12.0. The molecule has 126 valence electrons. The van der Waals surface area contributed by atoms with Crippen LogP contribution in [-0.4, -0.2) is 23.1 Å². The lowest BCUT2D eigenvalue weighted by Gasteiger charge is -2.16. The third kappa shape index (κ3) is 3.05. The van der Waals surface area contributed by atoms with Crippen LogP contribution in [0.25, 0.3) is 21.3 Å². The molecular weight excluding hydrogens is 342 g/mol. The Morgan fingerprint density at radius 1 is 0.960 bits per heavy atom. The molecular formula is C20H21N3SSi. The highest BCUT2D eigenvalue weighted by Crippen LogP contribution is 2.33. The quantitative estimate of drug-likeness (QED) is 0.490. The van der Waals surface area contributed by atoms with E-state index in [0.717, 1.165) is 6.54 Å². The van der Waals surface area contributed by atoms with Gasteiger partial charge in [0.2, 0.25) is 0 Å². The summed E-state index contributed by atoms with van der Waals surface area (Å²) in [5.74, 6) is 0. The van der Waals surface area contributed by atoms with Gasteiger partial charge in [0, 0.05) is 21.0 Å². The van der Waals surface area contributed by atoms with Crippen LogP contribution in [0.5, 0.6) is 0 Å². The van der Waals surface area contributed by atoms with Crippen molar-refractivity contribution in [2.24, 2.45) is 0 Å². The minimum absolute atomic E-state index is 0.748. The maximum absolute atomic E-state index is 4.63. The molecule has 0 amide bonds. The molecule has 3 nitrogen and oxygen atoms in total. The summed E-state index contributed by atoms with van der Waals surface area (Å²) >= 11 is 1.79. The van der Waals surface area contributed by atoms with Crippen LogP contribution in [0.15, 0.2) is 60.0 Å². The number of nitrogens with zero attached hydrogens (tertiary/aromatic N) is 3. The summed E-state index contributed by atoms with van der Waals surface area (Å²) in [6.45, 7) is 7.75. The Hall–Kier alpha value is -2.24. The Balaban J connectivity index is 1.91. The standard InChI is InChI=1S/C20H21N3SSi/c1-25(2,3)20-19(17-14-24-18-12-8-7-11-16(17)18)23(22-21-20)13-15-9-5-4-6-10-15/h4-12,14H,13H2,1-3H3. The number of benzene rings is 2. The molecule has 0 fully saturated rings. The van der Waals surface area contributed by atoms with Gasteiger partial charge < -0.3 is 0 Å². The summed E-state index contributed by atoms with van der Waals surface area (Å²) in [6, 6.07) is 19.1. The second kappa shape index (κ2) is 6.24. The first-order valence-electron chi connectivity index (χ1n) is 8.48. The number of hydrogen-bond acceptors (Lipinski definition) is 3. The van der Waals surface area contributed by atoms with Crippen molar-refractivity contribution < 1.29 is 0 Å². The lowest BCUT2D eigenvalue weighted by Crippen LogP contribution is -2.40. The Morgan fingerprint density at radius 2 is 1.68 bits per heavy atom. The minimum Gasteiger partial charge on any atom is -0.240 e. The average molecular weight is 364 g/mol. The largest absolute Gasteiger partial charge is 0.240 e. The van der Waals surface area contributed by atoms with Crippen LogP contribution in [0, 0.1) is 0 Å². The molecule has 2 heterocycles. The van der Waals surface area contributed by atoms with Gasteiger partial charge in [-0.2, -0.15) is 0 Å². The van der Waals surface area contributed by atoms with Crippen LogP contribution in [-0.2, 0) is 6.54 Å². The number of hydrogen-bond donors (Lipinski definition) is 0. The molecule has 0 spiro atoms. The van der Waals surface area contributed by atoms with Crippen LogP contribution >= 0.6 is 11.3 Å². The molecule has 0 aliphatic rings. The molecule has 5 heteroatoms. The fourth-order valence-electron chi connectivity index (χ4n) is 3.11. The van der Waals surface area contributed by atoms with E-state index in [9.17, 15) is 0 Å². The first-order valence-corrected chi connectivity index (χ1v) is 12.9. The van der Waals surface area contributed by atoms with Gasteiger partial charge in [-0.25, -0.2) is 4.68 Å². The van der Waals surface area contributed by atoms with Crippen molar-refractivity contribution in [3.63, 3.8) is 0 Å². The predicted molar refractivity (Wildman–Crippen MR) is 109 cm³/mol. The maximum Gasteiger partial charge on any atom is 0.107 e. The SMILES string of the molecule is C[Si](C)(C)c1nnn(Cc2ccccc2)c1-c1csc2ccccc12. The summed E-state index contributed by atoms with van der Waals surface area (Å²) in [5, 5.41) is 13.9. The van der Waals surface area contributed by atoms with Gasteiger partial charge in [-0.1, -0.05) is 73.4 Å². The van der Waals surface area contributed by atoms with E-state index < -0.39 is 8.07 Å². The number of aromatic nitrogens is 3. The number of rotatable bonds is 4. The minimum atomic E-state index is -1.61. The third-order valence-corrected chi connectivity index (χ3v) is 7.08. The summed E-state index contributed by atoms with van der Waals surface area (Å²) < 4.78 is 3.39. The van der Waals surface area contributed by atoms with Crippen molar-refractivity contribution in [2.75, 3.05) is 0 Å². The zero-order valence-corrected chi connectivity index (χ0v) is 16.5. The molecule has 0 aliphatic carbocycles. The molecule has 0 atom stereocenters. The topological polar surface area (TPSA) is 30.7 Å². The first-order chi connectivity index (χ1) is 12.0. The molecule has 0 N–H and O–H groups in total. The Labute approximate surface area is 153 Å². The van der Waals surface area contributed by atoms with Gasteiger partial charge in [-0.15, -0.1) is 16.4 Å². The van der Waals surface area contributed by atoms with Crippen molar-refractivity contribution in [1.82, 2.24) is 15.0 Å². The predicted octanol–water partition coefficient (Wildman–Crippen LogP) is 4.75. The third-order valence-electron chi connectivity index (χ3n) is 4.36. The highest BCUT2D eigenvalue weighted by Gasteiger charge is 2.28. The average Bonchev–Trinajstić information content (AvgIpc) is 3.19. The molecule has 0 saturated heterocycles. The smallest absolute Gasteiger partial charge is 0.107 e. The van der Waals surface area contributed by atoms with E-state index in [2.05, 4.69) is 88.5 Å². The number of thiophene rings is 1. The molecule has 2 aromatic heterocycles. The summed E-state index contributed by atoms with van der Waals surface area (Å²) in [4.78, 5) is 0. The van der Waals surface area contributed by atoms with Gasteiger partial charge >= 0.3 is 0 Å². The highest BCUT2D eigenvalue weighted by molar-refractivity contribution is 7.17. The Morgan fingerprint density at radius 3 is 2.44 bits per heavy atom. The Bertz CT molecular complexity index is 1010.